The largest absolute Gasteiger partial charge is 0.489 e. The number of hydrogen-bond donors (Lipinski definition) is 0. The lowest BCUT2D eigenvalue weighted by Crippen LogP contribution is -2.00. The molecular weight excluding hydrogens is 366 g/mol. The second kappa shape index (κ2) is 8.44. The number of aromatic nitrogens is 1. The number of thiazole rings is 1. The monoisotopic (exact) mass is 393 g/mol. The molecule has 1 fully saturated rings. The topological polar surface area (TPSA) is 39.2 Å². The summed E-state index contributed by atoms with van der Waals surface area (Å²) >= 11 is 1.65. The number of Topliss-reactive ketones (excluding diaryl/α,β-unsaturated/α-hetero) is 1. The zero-order valence-corrected chi connectivity index (χ0v) is 17.5. The summed E-state index contributed by atoms with van der Waals surface area (Å²) in [6.45, 7) is 4.43. The number of carbonyl (C=O) groups excluding carboxylic acids is 1. The molecule has 4 rings (SSSR count). The van der Waals surface area contributed by atoms with Crippen LogP contribution in [-0.4, -0.2) is 10.8 Å². The Kier molecular flexibility index (Phi) is 5.77. The Balaban J connectivity index is 1.42. The van der Waals surface area contributed by atoms with Crippen LogP contribution in [0.3, 0.4) is 0 Å². The van der Waals surface area contributed by atoms with Crippen LogP contribution in [0.15, 0.2) is 36.4 Å². The summed E-state index contributed by atoms with van der Waals surface area (Å²) in [7, 11) is 0. The summed E-state index contributed by atoms with van der Waals surface area (Å²) in [5.74, 6) is 1.82. The molecule has 2 aromatic carbocycles. The van der Waals surface area contributed by atoms with Crippen LogP contribution < -0.4 is 4.74 Å². The molecule has 0 spiro atoms. The molecule has 28 heavy (non-hydrogen) atoms. The summed E-state index contributed by atoms with van der Waals surface area (Å²) in [6.07, 6.45) is 6.67. The second-order valence-electron chi connectivity index (χ2n) is 7.90. The van der Waals surface area contributed by atoms with Crippen molar-refractivity contribution in [1.82, 2.24) is 4.98 Å². The van der Waals surface area contributed by atoms with Crippen molar-refractivity contribution in [2.24, 2.45) is 0 Å². The van der Waals surface area contributed by atoms with Gasteiger partial charge in [-0.2, -0.15) is 0 Å². The first-order valence-electron chi connectivity index (χ1n) is 10.2. The quantitative estimate of drug-likeness (QED) is 0.468. The Labute approximate surface area is 170 Å². The van der Waals surface area contributed by atoms with Gasteiger partial charge in [-0.15, -0.1) is 11.3 Å². The third-order valence-corrected chi connectivity index (χ3v) is 6.71. The number of rotatable bonds is 7. The van der Waals surface area contributed by atoms with E-state index in [4.69, 9.17) is 4.74 Å². The molecule has 1 heterocycles. The van der Waals surface area contributed by atoms with E-state index < -0.39 is 0 Å². The number of ether oxygens (including phenoxy) is 1. The van der Waals surface area contributed by atoms with Crippen LogP contribution in [0.5, 0.6) is 5.75 Å². The molecule has 0 radical (unpaired) electrons. The van der Waals surface area contributed by atoms with E-state index in [1.807, 2.05) is 12.1 Å². The standard InChI is InChI=1S/C24H27NO2S/c1-16-13-18(8-10-21(16)19-5-3-4-6-19)15-27-20-9-11-22-23(14-20)28-24(25-22)12-7-17(2)26/h8-11,13-14,19H,3-7,12,15H2,1-2H3. The van der Waals surface area contributed by atoms with E-state index in [9.17, 15) is 4.79 Å². The molecule has 1 aliphatic carbocycles. The van der Waals surface area contributed by atoms with Crippen LogP contribution in [-0.2, 0) is 17.8 Å². The fourth-order valence-corrected chi connectivity index (χ4v) is 5.12. The van der Waals surface area contributed by atoms with Crippen LogP contribution in [0.25, 0.3) is 10.2 Å². The summed E-state index contributed by atoms with van der Waals surface area (Å²) in [5.41, 5.74) is 5.10. The minimum atomic E-state index is 0.206. The van der Waals surface area contributed by atoms with Crippen molar-refractivity contribution in [2.75, 3.05) is 0 Å². The number of carbonyl (C=O) groups is 1. The lowest BCUT2D eigenvalue weighted by atomic mass is 9.92. The highest BCUT2D eigenvalue weighted by Gasteiger charge is 2.18. The molecule has 0 unspecified atom stereocenters. The summed E-state index contributed by atoms with van der Waals surface area (Å²) < 4.78 is 7.17. The minimum Gasteiger partial charge on any atom is -0.489 e. The van der Waals surface area contributed by atoms with Crippen LogP contribution in [0.4, 0.5) is 0 Å². The van der Waals surface area contributed by atoms with Gasteiger partial charge in [0.1, 0.15) is 18.1 Å². The molecule has 1 aromatic heterocycles. The maximum atomic E-state index is 11.2. The van der Waals surface area contributed by atoms with Crippen molar-refractivity contribution < 1.29 is 9.53 Å². The van der Waals surface area contributed by atoms with Gasteiger partial charge in [-0.25, -0.2) is 4.98 Å². The van der Waals surface area contributed by atoms with Crippen molar-refractivity contribution in [2.45, 2.75) is 64.9 Å². The van der Waals surface area contributed by atoms with E-state index in [-0.39, 0.29) is 5.78 Å². The van der Waals surface area contributed by atoms with E-state index in [1.54, 1.807) is 18.3 Å². The van der Waals surface area contributed by atoms with Crippen LogP contribution in [0.1, 0.15) is 66.6 Å². The van der Waals surface area contributed by atoms with E-state index in [0.717, 1.165) is 33.3 Å². The Morgan fingerprint density at radius 2 is 2.00 bits per heavy atom. The van der Waals surface area contributed by atoms with Gasteiger partial charge in [-0.1, -0.05) is 31.0 Å². The molecule has 0 amide bonds. The minimum absolute atomic E-state index is 0.206. The van der Waals surface area contributed by atoms with Crippen LogP contribution in [0.2, 0.25) is 0 Å². The predicted molar refractivity (Wildman–Crippen MR) is 115 cm³/mol. The zero-order chi connectivity index (χ0) is 19.5. The summed E-state index contributed by atoms with van der Waals surface area (Å²) in [5, 5.41) is 1.01. The molecule has 1 aliphatic rings. The Morgan fingerprint density at radius 3 is 2.75 bits per heavy atom. The highest BCUT2D eigenvalue weighted by atomic mass is 32.1. The predicted octanol–water partition coefficient (Wildman–Crippen LogP) is 6.36. The average molecular weight is 394 g/mol. The van der Waals surface area contributed by atoms with Crippen molar-refractivity contribution in [3.8, 4) is 5.75 Å². The zero-order valence-electron chi connectivity index (χ0n) is 16.7. The van der Waals surface area contributed by atoms with Gasteiger partial charge >= 0.3 is 0 Å². The van der Waals surface area contributed by atoms with Gasteiger partial charge < -0.3 is 9.53 Å². The van der Waals surface area contributed by atoms with Gasteiger partial charge in [-0.05, 0) is 67.5 Å². The van der Waals surface area contributed by atoms with Crippen molar-refractivity contribution in [1.29, 1.82) is 0 Å². The summed E-state index contributed by atoms with van der Waals surface area (Å²) in [4.78, 5) is 15.8. The van der Waals surface area contributed by atoms with E-state index >= 15 is 0 Å². The molecule has 1 saturated carbocycles. The van der Waals surface area contributed by atoms with Crippen LogP contribution in [0, 0.1) is 6.92 Å². The van der Waals surface area contributed by atoms with Crippen LogP contribution >= 0.6 is 11.3 Å². The molecule has 3 aromatic rings. The number of ketones is 1. The Morgan fingerprint density at radius 1 is 1.18 bits per heavy atom. The van der Waals surface area contributed by atoms with Gasteiger partial charge in [0, 0.05) is 12.8 Å². The van der Waals surface area contributed by atoms with Gasteiger partial charge in [0.25, 0.3) is 0 Å². The fraction of sp³-hybridized carbons (Fsp3) is 0.417. The first-order chi connectivity index (χ1) is 13.6. The lowest BCUT2D eigenvalue weighted by molar-refractivity contribution is -0.116. The average Bonchev–Trinajstić information content (AvgIpc) is 3.34. The Bertz CT molecular complexity index is 985. The van der Waals surface area contributed by atoms with Gasteiger partial charge in [-0.3, -0.25) is 0 Å². The maximum Gasteiger partial charge on any atom is 0.130 e. The van der Waals surface area contributed by atoms with Gasteiger partial charge in [0.05, 0.1) is 15.2 Å². The number of aryl methyl sites for hydroxylation is 2. The highest BCUT2D eigenvalue weighted by molar-refractivity contribution is 7.18. The third-order valence-electron chi connectivity index (χ3n) is 5.63. The molecule has 0 N–H and O–H groups in total. The molecule has 0 aliphatic heterocycles. The van der Waals surface area contributed by atoms with E-state index in [1.165, 1.54) is 42.4 Å². The van der Waals surface area contributed by atoms with E-state index in [0.29, 0.717) is 13.0 Å². The molecule has 0 bridgehead atoms. The maximum absolute atomic E-state index is 11.2. The molecule has 146 valence electrons. The highest BCUT2D eigenvalue weighted by Crippen LogP contribution is 2.36. The summed E-state index contributed by atoms with van der Waals surface area (Å²) in [6, 6.07) is 12.8. The molecule has 0 atom stereocenters. The van der Waals surface area contributed by atoms with Crippen molar-refractivity contribution in [3.05, 3.63) is 58.1 Å². The third kappa shape index (κ3) is 4.44. The molecule has 0 saturated heterocycles. The smallest absolute Gasteiger partial charge is 0.130 e. The first kappa shape index (κ1) is 19.1. The van der Waals surface area contributed by atoms with Crippen molar-refractivity contribution >= 4 is 27.3 Å². The Hall–Kier alpha value is -2.20. The fourth-order valence-electron chi connectivity index (χ4n) is 4.12. The number of hydrogen-bond acceptors (Lipinski definition) is 4. The van der Waals surface area contributed by atoms with E-state index in [2.05, 4.69) is 36.2 Å². The van der Waals surface area contributed by atoms with Gasteiger partial charge in [0.2, 0.25) is 0 Å². The SMILES string of the molecule is CC(=O)CCc1nc2ccc(OCc3ccc(C4CCCC4)c(C)c3)cc2s1. The van der Waals surface area contributed by atoms with Crippen molar-refractivity contribution in [3.63, 3.8) is 0 Å². The lowest BCUT2D eigenvalue weighted by Gasteiger charge is -2.14. The molecular formula is C24H27NO2S. The first-order valence-corrected chi connectivity index (χ1v) is 11.0. The molecule has 3 nitrogen and oxygen atoms in total. The second-order valence-corrected chi connectivity index (χ2v) is 9.02. The number of fused-ring (bicyclic) bond motifs is 1. The number of nitrogens with zero attached hydrogens (tertiary/aromatic N) is 1. The van der Waals surface area contributed by atoms with Gasteiger partial charge in [0.15, 0.2) is 0 Å². The normalized spacial score (nSPS) is 14.6. The number of benzene rings is 2. The molecule has 4 heteroatoms.